The Bertz CT molecular complexity index is 2810. The van der Waals surface area contributed by atoms with Gasteiger partial charge in [0.15, 0.2) is 0 Å². The maximum absolute atomic E-state index is 9.82. The van der Waals surface area contributed by atoms with Crippen molar-refractivity contribution in [3.63, 3.8) is 0 Å². The first-order valence-corrected chi connectivity index (χ1v) is 54.1. The number of aromatic amines is 1. The number of thioether (sulfide) groups is 1. The molecule has 0 radical (unpaired) electrons. The van der Waals surface area contributed by atoms with Crippen molar-refractivity contribution < 1.29 is 44.7 Å². The third-order valence-electron chi connectivity index (χ3n) is 14.4. The van der Waals surface area contributed by atoms with E-state index < -0.39 is 11.9 Å². The van der Waals surface area contributed by atoms with E-state index >= 15 is 0 Å². The minimum absolute atomic E-state index is 0. The number of aliphatic carboxylic acids is 2. The third kappa shape index (κ3) is 273. The van der Waals surface area contributed by atoms with Crippen LogP contribution in [0.15, 0.2) is 131 Å². The maximum Gasteiger partial charge on any atom is 0.303 e. The zero-order chi connectivity index (χ0) is 110. The molecule has 0 fully saturated rings. The summed E-state index contributed by atoms with van der Waals surface area (Å²) < 4.78 is 0. The van der Waals surface area contributed by atoms with Crippen LogP contribution in [-0.4, -0.2) is 130 Å². The summed E-state index contributed by atoms with van der Waals surface area (Å²) in [6.45, 7) is 80.5. The van der Waals surface area contributed by atoms with E-state index in [1.54, 1.807) is 46.8 Å². The number of nitrogens with two attached hydrogens (primary N) is 7. The van der Waals surface area contributed by atoms with Crippen LogP contribution in [0.5, 0.6) is 5.75 Å². The van der Waals surface area contributed by atoms with E-state index in [4.69, 9.17) is 71.5 Å². The van der Waals surface area contributed by atoms with Gasteiger partial charge in [-0.15, -0.1) is 0 Å². The summed E-state index contributed by atoms with van der Waals surface area (Å²) in [4.78, 5) is 49.7. The van der Waals surface area contributed by atoms with E-state index in [0.29, 0.717) is 30.8 Å². The van der Waals surface area contributed by atoms with Crippen molar-refractivity contribution in [3.8, 4) is 5.75 Å². The summed E-state index contributed by atoms with van der Waals surface area (Å²) in [6, 6.07) is 34.0. The van der Waals surface area contributed by atoms with Crippen LogP contribution in [0.2, 0.25) is 5.02 Å². The molecule has 1 aliphatic heterocycles. The number of thiol groups is 1. The number of nitrogens with one attached hydrogen (secondary N) is 1. The van der Waals surface area contributed by atoms with Crippen LogP contribution in [0.3, 0.4) is 0 Å². The van der Waals surface area contributed by atoms with Crippen molar-refractivity contribution in [2.75, 3.05) is 57.1 Å². The second kappa shape index (κ2) is 186. The van der Waals surface area contributed by atoms with Gasteiger partial charge >= 0.3 is 11.9 Å². The summed E-state index contributed by atoms with van der Waals surface area (Å²) in [5.74, 6) is 3.97. The molecule has 0 saturated heterocycles. The molecular formula is C116H245ClN10O9S2. The van der Waals surface area contributed by atoms with Crippen molar-refractivity contribution in [2.45, 2.75) is 471 Å². The third-order valence-corrected chi connectivity index (χ3v) is 15.5. The quantitative estimate of drug-likeness (QED) is 0.0101. The van der Waals surface area contributed by atoms with E-state index in [0.717, 1.165) is 125 Å². The molecule has 0 saturated carbocycles. The zero-order valence-electron chi connectivity index (χ0n) is 95.6. The molecule has 5 aromatic rings. The molecule has 2 heterocycles. The van der Waals surface area contributed by atoms with Gasteiger partial charge in [-0.05, 0) is 219 Å². The Kier molecular flexibility index (Phi) is 252. The number of phenols is 1. The molecule has 832 valence electrons. The average molecular weight is 2020 g/mol. The van der Waals surface area contributed by atoms with E-state index in [1.807, 2.05) is 103 Å². The molecule has 1 aliphatic rings. The molecule has 19 nitrogen and oxygen atoms in total. The lowest BCUT2D eigenvalue weighted by atomic mass is 10.1. The van der Waals surface area contributed by atoms with E-state index in [9.17, 15) is 19.2 Å². The molecule has 0 unspecified atom stereocenters. The molecule has 0 bridgehead atoms. The smallest absolute Gasteiger partial charge is 0.303 e. The lowest BCUT2D eigenvalue weighted by Crippen LogP contribution is -2.08. The number of rotatable bonds is 27. The SMILES string of the molecule is C.C.C.CC.CC(C)C.CC(C)O.CCC.CCC(=O)O.CCC(C)C.CCC(C)C.CCC(N)=O.CCC1=CCC=N1.CCCC.CCCC(=O)O.CCCC(N)=O.CCCCC.CCCCCN.CCCCN.CCCCN=C(C)N.CCCN.CCCSC.CCN.CCO.CCS.CCc1c[nH]c2ccccc12.CCc1ccc(O)cc1.CCc1cccc(Cl)c1.CCc1ccccc1. The number of allylic oxidation sites excluding steroid dienone is 2. The largest absolute Gasteiger partial charge is 0.508 e. The number of hydrogen-bond acceptors (Lipinski definition) is 15. The number of aromatic hydroxyl groups is 1. The molecule has 6 rings (SSSR count). The fourth-order valence-electron chi connectivity index (χ4n) is 6.30. The highest BCUT2D eigenvalue weighted by molar-refractivity contribution is 7.98. The maximum atomic E-state index is 9.82. The predicted molar refractivity (Wildman–Crippen MR) is 643 cm³/mol. The van der Waals surface area contributed by atoms with Gasteiger partial charge in [0.2, 0.25) is 11.8 Å². The summed E-state index contributed by atoms with van der Waals surface area (Å²) in [7, 11) is 0. The number of aryl methyl sites for hydroxylation is 4. The predicted octanol–water partition coefficient (Wildman–Crippen LogP) is 33.7. The van der Waals surface area contributed by atoms with E-state index in [1.165, 1.54) is 141 Å². The van der Waals surface area contributed by atoms with Crippen molar-refractivity contribution in [2.24, 2.45) is 67.9 Å². The molecule has 1 aromatic heterocycles. The molecule has 2 amide bonds. The molecule has 138 heavy (non-hydrogen) atoms. The minimum Gasteiger partial charge on any atom is -0.508 e. The number of phenolic OH excluding ortho intramolecular Hbond substituents is 1. The number of nitrogens with zero attached hydrogens (tertiary/aromatic N) is 2. The summed E-state index contributed by atoms with van der Waals surface area (Å²) in [5, 5.41) is 42.3. The van der Waals surface area contributed by atoms with Crippen LogP contribution < -0.4 is 40.1 Å². The number of amidine groups is 1. The van der Waals surface area contributed by atoms with Gasteiger partial charge in [-0.25, -0.2) is 0 Å². The normalized spacial score (nSPS) is 8.97. The zero-order valence-corrected chi connectivity index (χ0v) is 98.0. The Hall–Kier alpha value is -6.27. The van der Waals surface area contributed by atoms with Gasteiger partial charge in [0.05, 0.1) is 5.84 Å². The first-order chi connectivity index (χ1) is 63.9. The van der Waals surface area contributed by atoms with Crippen molar-refractivity contribution in [1.82, 2.24) is 4.98 Å². The number of fused-ring (bicyclic) bond motifs is 1. The first-order valence-electron chi connectivity index (χ1n) is 51.7. The Morgan fingerprint density at radius 3 is 1.04 bits per heavy atom. The summed E-state index contributed by atoms with van der Waals surface area (Å²) in [6.07, 6.45) is 39.1. The number of benzene rings is 4. The second-order valence-electron chi connectivity index (χ2n) is 30.9. The number of unbranched alkanes of at least 4 members (excludes halogenated alkanes) is 7. The monoisotopic (exact) mass is 2020 g/mol. The minimum atomic E-state index is -0.745. The van der Waals surface area contributed by atoms with Crippen molar-refractivity contribution in [3.05, 3.63) is 148 Å². The van der Waals surface area contributed by atoms with Crippen LogP contribution in [0.1, 0.15) is 461 Å². The number of primary amides is 2. The Morgan fingerprint density at radius 1 is 0.493 bits per heavy atom. The number of aliphatic hydroxyl groups is 2. The number of carbonyl (C=O) groups is 4. The summed E-state index contributed by atoms with van der Waals surface area (Å²) in [5.41, 5.74) is 42.8. The van der Waals surface area contributed by atoms with Gasteiger partial charge < -0.3 is 70.7 Å². The van der Waals surface area contributed by atoms with Gasteiger partial charge in [0.25, 0.3) is 0 Å². The molecule has 0 spiro atoms. The number of aliphatic hydroxyl groups excluding tert-OH is 2. The number of carbonyl (C=O) groups excluding carboxylic acids is 2. The van der Waals surface area contributed by atoms with Crippen LogP contribution >= 0.6 is 36.0 Å². The molecular weight excluding hydrogens is 1780 g/mol. The number of carboxylic acids is 2. The number of amides is 2. The van der Waals surface area contributed by atoms with Crippen LogP contribution in [-0.2, 0) is 44.9 Å². The number of hydrogen-bond donors (Lipinski definition) is 14. The van der Waals surface area contributed by atoms with Gasteiger partial charge in [-0.3, -0.25) is 29.2 Å². The topological polar surface area (TPSA) is 392 Å². The average Bonchev–Trinajstić information content (AvgIpc) is 1.70. The van der Waals surface area contributed by atoms with Crippen LogP contribution in [0, 0.1) is 17.8 Å². The molecule has 0 atom stereocenters. The Labute approximate surface area is 876 Å². The standard InChI is InChI=1S/C10H11N.C8H9Cl.C8H10O.C8H10.C6H14N2.C6H9N.C5H13N.3C5H12.C4H9NO.C4H11N.C4H8O2.C4H10S.2C4H10.C3H7NO.C3H9N.C3H6O2.C3H8O.C3H8.C2H7N.C2H6O.C2H6S.C2H6.3CH4/c1-2-8-7-11-10-6-4-3-5-9(8)10;1-2-7-4-3-5-8(9)6-7;1-2-7-3-5-8(9)6-4-7;1-2-8-6-4-3-5-7-8;1-3-4-5-8-6(2)7;1-2-6-4-3-5-7-6;1-2-3-4-5-6;2*1-4-5(2)3;1-3-5-4-2;1-2-3-4(5)6;1-2-3-4-5;1-2-3-4(5)6;1-3-4-5-2;1-4(2)3;1-3-4-2;1-2-3(4)5;1-2-3-4;1-2-3(4)5;1-3(2)4;1-3-2;3*1-2-3;1-2;;;/h3-7,11H,2H2,1H3;3-6H,2H2,1H3;3-6,9H,2H2,1H3;3-7H,2H2,1H3;3-5H2,1-2H3,(H2,7,8);4-5H,2-3H2,1H3;2-6H2,1H3;2*5H,4H2,1-3H3;3-5H2,1-2H3;2-3H2,1H3,(H2,5,6);2-5H2,1H3;2-3H2,1H3,(H,5,6);3-4H2,1-2H3;4H,1-3H3;3-4H2,1-2H3;2H2,1H3,(H2,4,5);2-4H2,1H3;2H2,1H3,(H,4,5);3-4H,1-2H3;3H2,1-2H3;2-3H2,1H3;2*3H,2H2,1H3;1-2H3;3*1H4. The number of aliphatic imine (C=N–C) groups is 2. The fourth-order valence-corrected chi connectivity index (χ4v) is 6.92. The lowest BCUT2D eigenvalue weighted by Gasteiger charge is -1.93. The van der Waals surface area contributed by atoms with E-state index in [2.05, 4.69) is 280 Å². The summed E-state index contributed by atoms with van der Waals surface area (Å²) >= 11 is 11.4. The highest BCUT2D eigenvalue weighted by atomic mass is 35.5. The van der Waals surface area contributed by atoms with E-state index in [-0.39, 0.29) is 53.2 Å². The molecule has 22 heteroatoms. The van der Waals surface area contributed by atoms with Crippen LogP contribution in [0.4, 0.5) is 0 Å². The molecule has 20 N–H and O–H groups in total. The first kappa shape index (κ1) is 187. The van der Waals surface area contributed by atoms with Crippen LogP contribution in [0.25, 0.3) is 10.9 Å². The Morgan fingerprint density at radius 2 is 0.855 bits per heavy atom. The van der Waals surface area contributed by atoms with Gasteiger partial charge in [-0.2, -0.15) is 24.4 Å². The molecule has 4 aromatic carbocycles. The van der Waals surface area contributed by atoms with Crippen molar-refractivity contribution in [1.29, 1.82) is 0 Å². The number of aromatic nitrogens is 1. The molecule has 0 aliphatic carbocycles. The lowest BCUT2D eigenvalue weighted by molar-refractivity contribution is -0.137. The van der Waals surface area contributed by atoms with Gasteiger partial charge in [-0.1, -0.05) is 418 Å². The van der Waals surface area contributed by atoms with Crippen molar-refractivity contribution >= 4 is 82.7 Å². The Balaban J connectivity index is -0.0000000512. The van der Waals surface area contributed by atoms with Gasteiger partial charge in [0, 0.05) is 85.4 Å². The fraction of sp³-hybridized carbons (Fsp3) is 0.707. The van der Waals surface area contributed by atoms with Gasteiger partial charge in [0.1, 0.15) is 5.75 Å². The second-order valence-corrected chi connectivity index (χ2v) is 33.0. The highest BCUT2D eigenvalue weighted by Crippen LogP contribution is 2.18. The number of carboxylic acid groups (broad SMARTS) is 2. The number of para-hydroxylation sites is 1. The highest BCUT2D eigenvalue weighted by Gasteiger charge is 1.99. The number of halogens is 1. The number of H-pyrrole nitrogens is 1.